The molecule has 100 valence electrons. The fraction of sp³-hybridized carbons (Fsp3) is 0.800. The van der Waals surface area contributed by atoms with Gasteiger partial charge in [-0.3, -0.25) is 9.59 Å². The first-order valence-corrected chi connectivity index (χ1v) is 6.60. The average Bonchev–Trinajstić information content (AvgIpc) is 2.29. The lowest BCUT2D eigenvalue weighted by molar-refractivity contribution is -0.144. The fourth-order valence-corrected chi connectivity index (χ4v) is 1.87. The zero-order valence-corrected chi connectivity index (χ0v) is 11.0. The minimum absolute atomic E-state index is 0.305. The topological polar surface area (TPSA) is 105 Å². The Morgan fingerprint density at radius 3 is 1.65 bits per heavy atom. The molecular weight excluding hydrogens is 244 g/mol. The van der Waals surface area contributed by atoms with Crippen LogP contribution in [0.25, 0.3) is 0 Å². The second-order valence-electron chi connectivity index (χ2n) is 3.25. The van der Waals surface area contributed by atoms with E-state index < -0.39 is 24.0 Å². The van der Waals surface area contributed by atoms with Gasteiger partial charge in [0.2, 0.25) is 0 Å². The Bertz CT molecular complexity index is 226. The van der Waals surface area contributed by atoms with Crippen molar-refractivity contribution in [3.63, 3.8) is 0 Å². The van der Waals surface area contributed by atoms with Crippen LogP contribution in [-0.2, 0) is 19.1 Å². The molecule has 0 rings (SSSR count). The normalized spacial score (nSPS) is 13.9. The highest BCUT2D eigenvalue weighted by Crippen LogP contribution is 2.05. The fourth-order valence-electron chi connectivity index (χ4n) is 0.957. The molecule has 0 unspecified atom stereocenters. The summed E-state index contributed by atoms with van der Waals surface area (Å²) in [6.45, 7) is 4.04. The van der Waals surface area contributed by atoms with E-state index in [1.54, 1.807) is 13.8 Å². The van der Waals surface area contributed by atoms with E-state index in [0.29, 0.717) is 24.7 Å². The molecule has 0 aliphatic carbocycles. The van der Waals surface area contributed by atoms with Gasteiger partial charge in [-0.1, -0.05) is 0 Å². The molecule has 0 spiro atoms. The molecule has 17 heavy (non-hydrogen) atoms. The van der Waals surface area contributed by atoms with Crippen LogP contribution in [0.2, 0.25) is 0 Å². The highest BCUT2D eigenvalue weighted by molar-refractivity contribution is 7.99. The predicted molar refractivity (Wildman–Crippen MR) is 66.5 cm³/mol. The summed E-state index contributed by atoms with van der Waals surface area (Å²) in [5.41, 5.74) is 11.1. The summed E-state index contributed by atoms with van der Waals surface area (Å²) >= 11 is 1.33. The van der Waals surface area contributed by atoms with E-state index in [2.05, 4.69) is 0 Å². The Balaban J connectivity index is 3.75. The van der Waals surface area contributed by atoms with E-state index in [1.807, 2.05) is 0 Å². The highest BCUT2D eigenvalue weighted by Gasteiger charge is 2.18. The molecule has 0 saturated heterocycles. The molecule has 0 heterocycles. The molecule has 0 aromatic carbocycles. The van der Waals surface area contributed by atoms with Crippen molar-refractivity contribution >= 4 is 23.7 Å². The van der Waals surface area contributed by atoms with Crippen molar-refractivity contribution < 1.29 is 19.1 Å². The lowest BCUT2D eigenvalue weighted by Crippen LogP contribution is -2.37. The highest BCUT2D eigenvalue weighted by atomic mass is 32.2. The van der Waals surface area contributed by atoms with Gasteiger partial charge in [0, 0.05) is 11.5 Å². The van der Waals surface area contributed by atoms with Crippen molar-refractivity contribution in [2.24, 2.45) is 11.5 Å². The van der Waals surface area contributed by atoms with Gasteiger partial charge in [0.15, 0.2) is 0 Å². The van der Waals surface area contributed by atoms with Crippen LogP contribution in [0.1, 0.15) is 13.8 Å². The molecular formula is C10H20N2O4S. The van der Waals surface area contributed by atoms with Crippen molar-refractivity contribution in [2.75, 3.05) is 24.7 Å². The maximum absolute atomic E-state index is 11.2. The molecule has 0 aromatic rings. The van der Waals surface area contributed by atoms with E-state index in [4.69, 9.17) is 20.9 Å². The standard InChI is InChI=1S/C10H20N2O4S/c1-3-15-9(13)7(11)5-17-6-8(12)10(14)16-4-2/h7-8H,3-6,11-12H2,1-2H3/t7-,8+. The number of carbonyl (C=O) groups is 2. The van der Waals surface area contributed by atoms with Gasteiger partial charge in [-0.05, 0) is 13.8 Å². The van der Waals surface area contributed by atoms with E-state index in [9.17, 15) is 9.59 Å². The molecule has 4 N–H and O–H groups in total. The van der Waals surface area contributed by atoms with Gasteiger partial charge in [0.05, 0.1) is 13.2 Å². The number of hydrogen-bond donors (Lipinski definition) is 2. The van der Waals surface area contributed by atoms with Crippen LogP contribution < -0.4 is 11.5 Å². The summed E-state index contributed by atoms with van der Waals surface area (Å²) in [4.78, 5) is 22.3. The summed E-state index contributed by atoms with van der Waals surface area (Å²) < 4.78 is 9.49. The lowest BCUT2D eigenvalue weighted by Gasteiger charge is -2.12. The average molecular weight is 264 g/mol. The summed E-state index contributed by atoms with van der Waals surface area (Å²) in [5.74, 6) is -0.146. The van der Waals surface area contributed by atoms with Crippen LogP contribution in [-0.4, -0.2) is 48.7 Å². The van der Waals surface area contributed by atoms with Crippen molar-refractivity contribution in [1.82, 2.24) is 0 Å². The molecule has 0 amide bonds. The Kier molecular flexibility index (Phi) is 8.83. The maximum Gasteiger partial charge on any atom is 0.323 e. The Hall–Kier alpha value is -0.790. The summed E-state index contributed by atoms with van der Waals surface area (Å²) in [6, 6.07) is -1.37. The minimum Gasteiger partial charge on any atom is -0.465 e. The summed E-state index contributed by atoms with van der Waals surface area (Å²) in [6.07, 6.45) is 0. The molecule has 0 aliphatic rings. The van der Waals surface area contributed by atoms with Crippen LogP contribution in [0.4, 0.5) is 0 Å². The summed E-state index contributed by atoms with van der Waals surface area (Å²) in [7, 11) is 0. The predicted octanol–water partition coefficient (Wildman–Crippen LogP) is -0.500. The van der Waals surface area contributed by atoms with Gasteiger partial charge in [0.1, 0.15) is 12.1 Å². The first-order chi connectivity index (χ1) is 8.02. The van der Waals surface area contributed by atoms with Crippen molar-refractivity contribution in [2.45, 2.75) is 25.9 Å². The first kappa shape index (κ1) is 16.2. The second kappa shape index (κ2) is 9.26. The van der Waals surface area contributed by atoms with Crippen molar-refractivity contribution in [3.8, 4) is 0 Å². The van der Waals surface area contributed by atoms with Crippen LogP contribution in [0.5, 0.6) is 0 Å². The number of esters is 2. The zero-order chi connectivity index (χ0) is 13.3. The smallest absolute Gasteiger partial charge is 0.323 e. The third-order valence-electron chi connectivity index (χ3n) is 1.77. The number of thioether (sulfide) groups is 1. The molecule has 0 fully saturated rings. The quantitative estimate of drug-likeness (QED) is 0.569. The van der Waals surface area contributed by atoms with E-state index in [0.717, 1.165) is 0 Å². The van der Waals surface area contributed by atoms with Crippen LogP contribution in [0.15, 0.2) is 0 Å². The Morgan fingerprint density at radius 2 is 1.35 bits per heavy atom. The van der Waals surface area contributed by atoms with Gasteiger partial charge in [-0.25, -0.2) is 0 Å². The largest absolute Gasteiger partial charge is 0.465 e. The van der Waals surface area contributed by atoms with Crippen LogP contribution >= 0.6 is 11.8 Å². The monoisotopic (exact) mass is 264 g/mol. The Labute approximate surface area is 105 Å². The van der Waals surface area contributed by atoms with E-state index in [-0.39, 0.29) is 0 Å². The zero-order valence-electron chi connectivity index (χ0n) is 10.2. The molecule has 0 aliphatic heterocycles. The lowest BCUT2D eigenvalue weighted by atomic mass is 10.4. The summed E-state index contributed by atoms with van der Waals surface area (Å²) in [5, 5.41) is 0. The molecule has 0 bridgehead atoms. The van der Waals surface area contributed by atoms with Gasteiger partial charge in [-0.15, -0.1) is 0 Å². The first-order valence-electron chi connectivity index (χ1n) is 5.45. The molecule has 2 atom stereocenters. The van der Waals surface area contributed by atoms with Gasteiger partial charge >= 0.3 is 11.9 Å². The number of ether oxygens (including phenoxy) is 2. The maximum atomic E-state index is 11.2. The van der Waals surface area contributed by atoms with Gasteiger partial charge in [0.25, 0.3) is 0 Å². The van der Waals surface area contributed by atoms with Crippen molar-refractivity contribution in [1.29, 1.82) is 0 Å². The van der Waals surface area contributed by atoms with E-state index >= 15 is 0 Å². The number of rotatable bonds is 8. The molecule has 0 radical (unpaired) electrons. The van der Waals surface area contributed by atoms with Crippen LogP contribution in [0, 0.1) is 0 Å². The van der Waals surface area contributed by atoms with Crippen molar-refractivity contribution in [3.05, 3.63) is 0 Å². The number of hydrogen-bond acceptors (Lipinski definition) is 7. The molecule has 7 heteroatoms. The second-order valence-corrected chi connectivity index (χ2v) is 4.33. The minimum atomic E-state index is -0.686. The third-order valence-corrected chi connectivity index (χ3v) is 2.96. The molecule has 6 nitrogen and oxygen atoms in total. The van der Waals surface area contributed by atoms with E-state index in [1.165, 1.54) is 11.8 Å². The van der Waals surface area contributed by atoms with Gasteiger partial charge in [-0.2, -0.15) is 11.8 Å². The molecule has 0 saturated carbocycles. The third kappa shape index (κ3) is 7.19. The van der Waals surface area contributed by atoms with Crippen LogP contribution in [0.3, 0.4) is 0 Å². The molecule has 0 aromatic heterocycles. The van der Waals surface area contributed by atoms with Gasteiger partial charge < -0.3 is 20.9 Å². The SMILES string of the molecule is CCOC(=O)[C@H](N)CSC[C@H](N)C(=O)OCC. The number of carbonyl (C=O) groups excluding carboxylic acids is 2. The Morgan fingerprint density at radius 1 is 1.00 bits per heavy atom. The number of nitrogens with two attached hydrogens (primary N) is 2.